The number of amides is 1. The van der Waals surface area contributed by atoms with Gasteiger partial charge in [0, 0.05) is 31.7 Å². The Labute approximate surface area is 186 Å². The quantitative estimate of drug-likeness (QED) is 0.464. The van der Waals surface area contributed by atoms with Crippen molar-refractivity contribution < 1.29 is 14.3 Å². The molecule has 0 aliphatic carbocycles. The second-order valence-corrected chi connectivity index (χ2v) is 7.35. The number of imidazole rings is 1. The van der Waals surface area contributed by atoms with Crippen LogP contribution >= 0.6 is 0 Å². The highest BCUT2D eigenvalue weighted by molar-refractivity contribution is 5.79. The molecule has 0 aliphatic rings. The third-order valence-corrected chi connectivity index (χ3v) is 5.15. The van der Waals surface area contributed by atoms with E-state index in [2.05, 4.69) is 15.4 Å². The van der Waals surface area contributed by atoms with Gasteiger partial charge in [-0.15, -0.1) is 0 Å². The minimum atomic E-state index is -0.476. The fourth-order valence-electron chi connectivity index (χ4n) is 3.52. The number of aromatic nitrogens is 4. The predicted molar refractivity (Wildman–Crippen MR) is 120 cm³/mol. The van der Waals surface area contributed by atoms with Crippen LogP contribution in [-0.4, -0.2) is 39.5 Å². The van der Waals surface area contributed by atoms with Gasteiger partial charge in [-0.1, -0.05) is 18.2 Å². The molecule has 32 heavy (non-hydrogen) atoms. The second kappa shape index (κ2) is 9.38. The zero-order chi connectivity index (χ0) is 22.5. The number of nitrogens with one attached hydrogen (secondary N) is 1. The van der Waals surface area contributed by atoms with Crippen molar-refractivity contribution in [2.24, 2.45) is 7.05 Å². The van der Waals surface area contributed by atoms with E-state index in [4.69, 9.17) is 9.47 Å². The van der Waals surface area contributed by atoms with Crippen LogP contribution in [0.2, 0.25) is 0 Å². The highest BCUT2D eigenvalue weighted by Gasteiger charge is 2.22. The number of benzene rings is 2. The molecule has 0 fully saturated rings. The summed E-state index contributed by atoms with van der Waals surface area (Å²) >= 11 is 0. The number of aryl methyl sites for hydroxylation is 1. The lowest BCUT2D eigenvalue weighted by molar-refractivity contribution is -0.121. The minimum absolute atomic E-state index is 0.146. The Balaban J connectivity index is 1.58. The largest absolute Gasteiger partial charge is 0.497 e. The standard InChI is InChI=1S/C24H25N5O3/c1-28-10-9-25-24(28)23(18-12-20(31-2)14-21(13-18)32-3)27-22(30)11-17-15-26-29(16-17)19-7-5-4-6-8-19/h4-10,12-16,23H,11H2,1-3H3,(H,27,30). The smallest absolute Gasteiger partial charge is 0.225 e. The molecule has 0 bridgehead atoms. The first kappa shape index (κ1) is 21.2. The number of para-hydroxylation sites is 1. The molecule has 0 aliphatic heterocycles. The Morgan fingerprint density at radius 1 is 1.09 bits per heavy atom. The van der Waals surface area contributed by atoms with Crippen molar-refractivity contribution in [3.8, 4) is 17.2 Å². The van der Waals surface area contributed by atoms with Crippen LogP contribution in [0.4, 0.5) is 0 Å². The van der Waals surface area contributed by atoms with Crippen LogP contribution in [0.1, 0.15) is 23.0 Å². The molecule has 1 N–H and O–H groups in total. The van der Waals surface area contributed by atoms with E-state index in [1.165, 1.54) is 0 Å². The molecule has 2 aromatic heterocycles. The van der Waals surface area contributed by atoms with Gasteiger partial charge in [0.25, 0.3) is 0 Å². The third-order valence-electron chi connectivity index (χ3n) is 5.15. The van der Waals surface area contributed by atoms with Crippen molar-refractivity contribution in [2.45, 2.75) is 12.5 Å². The Morgan fingerprint density at radius 3 is 2.44 bits per heavy atom. The van der Waals surface area contributed by atoms with Gasteiger partial charge in [-0.3, -0.25) is 4.79 Å². The predicted octanol–water partition coefficient (Wildman–Crippen LogP) is 3.07. The SMILES string of the molecule is COc1cc(OC)cc(C(NC(=O)Cc2cnn(-c3ccccc3)c2)c2nccn2C)c1. The Kier molecular flexibility index (Phi) is 6.21. The van der Waals surface area contributed by atoms with Gasteiger partial charge in [0.15, 0.2) is 0 Å². The Morgan fingerprint density at radius 2 is 1.81 bits per heavy atom. The van der Waals surface area contributed by atoms with Gasteiger partial charge in [0.2, 0.25) is 5.91 Å². The molecule has 0 saturated heterocycles. The summed E-state index contributed by atoms with van der Waals surface area (Å²) in [6.45, 7) is 0. The maximum absolute atomic E-state index is 13.0. The summed E-state index contributed by atoms with van der Waals surface area (Å²) in [5.74, 6) is 1.83. The number of hydrogen-bond acceptors (Lipinski definition) is 5. The second-order valence-electron chi connectivity index (χ2n) is 7.35. The van der Waals surface area contributed by atoms with E-state index in [0.29, 0.717) is 17.3 Å². The van der Waals surface area contributed by atoms with E-state index >= 15 is 0 Å². The molecule has 1 amide bonds. The van der Waals surface area contributed by atoms with Crippen molar-refractivity contribution in [1.29, 1.82) is 0 Å². The summed E-state index contributed by atoms with van der Waals surface area (Å²) in [6.07, 6.45) is 7.30. The van der Waals surface area contributed by atoms with Gasteiger partial charge in [-0.2, -0.15) is 5.10 Å². The molecule has 4 rings (SSSR count). The molecule has 8 nitrogen and oxygen atoms in total. The van der Waals surface area contributed by atoms with E-state index < -0.39 is 6.04 Å². The van der Waals surface area contributed by atoms with Crippen molar-refractivity contribution in [2.75, 3.05) is 14.2 Å². The zero-order valence-corrected chi connectivity index (χ0v) is 18.2. The number of rotatable bonds is 8. The van der Waals surface area contributed by atoms with Crippen LogP contribution in [-0.2, 0) is 18.3 Å². The Hall–Kier alpha value is -4.07. The van der Waals surface area contributed by atoms with Gasteiger partial charge in [0.1, 0.15) is 23.4 Å². The summed E-state index contributed by atoms with van der Waals surface area (Å²) in [7, 11) is 5.08. The first-order chi connectivity index (χ1) is 15.6. The van der Waals surface area contributed by atoms with Crippen molar-refractivity contribution in [3.05, 3.63) is 90.3 Å². The lowest BCUT2D eigenvalue weighted by Gasteiger charge is -2.20. The number of methoxy groups -OCH3 is 2. The molecule has 164 valence electrons. The molecule has 2 heterocycles. The molecule has 2 aromatic carbocycles. The summed E-state index contributed by atoms with van der Waals surface area (Å²) in [4.78, 5) is 17.5. The number of carbonyl (C=O) groups is 1. The molecule has 0 radical (unpaired) electrons. The van der Waals surface area contributed by atoms with Crippen LogP contribution in [0, 0.1) is 0 Å². The molecular weight excluding hydrogens is 406 g/mol. The first-order valence-corrected chi connectivity index (χ1v) is 10.2. The van der Waals surface area contributed by atoms with E-state index in [1.54, 1.807) is 37.4 Å². The Bertz CT molecular complexity index is 1180. The summed E-state index contributed by atoms with van der Waals surface area (Å²) in [6, 6.07) is 14.8. The number of hydrogen-bond donors (Lipinski definition) is 1. The van der Waals surface area contributed by atoms with E-state index in [-0.39, 0.29) is 12.3 Å². The van der Waals surface area contributed by atoms with Gasteiger partial charge in [0.05, 0.1) is 32.5 Å². The fraction of sp³-hybridized carbons (Fsp3) is 0.208. The molecule has 0 spiro atoms. The van der Waals surface area contributed by atoms with E-state index in [0.717, 1.165) is 16.8 Å². The van der Waals surface area contributed by atoms with Crippen molar-refractivity contribution in [3.63, 3.8) is 0 Å². The normalized spacial score (nSPS) is 11.7. The maximum atomic E-state index is 13.0. The lowest BCUT2D eigenvalue weighted by atomic mass is 10.0. The fourth-order valence-corrected chi connectivity index (χ4v) is 3.52. The van der Waals surface area contributed by atoms with E-state index in [1.807, 2.05) is 66.5 Å². The minimum Gasteiger partial charge on any atom is -0.497 e. The molecule has 1 unspecified atom stereocenters. The monoisotopic (exact) mass is 431 g/mol. The summed E-state index contributed by atoms with van der Waals surface area (Å²) in [5.41, 5.74) is 2.56. The molecular formula is C24H25N5O3. The van der Waals surface area contributed by atoms with Crippen LogP contribution in [0.3, 0.4) is 0 Å². The lowest BCUT2D eigenvalue weighted by Crippen LogP contribution is -2.32. The zero-order valence-electron chi connectivity index (χ0n) is 18.2. The molecule has 8 heteroatoms. The van der Waals surface area contributed by atoms with Crippen LogP contribution in [0.25, 0.3) is 5.69 Å². The van der Waals surface area contributed by atoms with Crippen molar-refractivity contribution in [1.82, 2.24) is 24.6 Å². The number of ether oxygens (including phenoxy) is 2. The average molecular weight is 431 g/mol. The van der Waals surface area contributed by atoms with Crippen molar-refractivity contribution >= 4 is 5.91 Å². The van der Waals surface area contributed by atoms with Crippen LogP contribution in [0.5, 0.6) is 11.5 Å². The van der Waals surface area contributed by atoms with Gasteiger partial charge in [-0.05, 0) is 35.4 Å². The summed E-state index contributed by atoms with van der Waals surface area (Å²) < 4.78 is 14.5. The van der Waals surface area contributed by atoms with Gasteiger partial charge >= 0.3 is 0 Å². The third kappa shape index (κ3) is 4.64. The van der Waals surface area contributed by atoms with E-state index in [9.17, 15) is 4.79 Å². The summed E-state index contributed by atoms with van der Waals surface area (Å²) in [5, 5.41) is 7.48. The highest BCUT2D eigenvalue weighted by atomic mass is 16.5. The maximum Gasteiger partial charge on any atom is 0.225 e. The van der Waals surface area contributed by atoms with Gasteiger partial charge in [-0.25, -0.2) is 9.67 Å². The number of carbonyl (C=O) groups excluding carboxylic acids is 1. The van der Waals surface area contributed by atoms with Gasteiger partial charge < -0.3 is 19.4 Å². The first-order valence-electron chi connectivity index (χ1n) is 10.2. The molecule has 1 atom stereocenters. The van der Waals surface area contributed by atoms with Crippen LogP contribution < -0.4 is 14.8 Å². The molecule has 4 aromatic rings. The highest BCUT2D eigenvalue weighted by Crippen LogP contribution is 2.29. The number of nitrogens with zero attached hydrogens (tertiary/aromatic N) is 4. The van der Waals surface area contributed by atoms with Crippen LogP contribution in [0.15, 0.2) is 73.3 Å². The molecule has 0 saturated carbocycles. The topological polar surface area (TPSA) is 83.2 Å². The average Bonchev–Trinajstić information content (AvgIpc) is 3.46.